The summed E-state index contributed by atoms with van der Waals surface area (Å²) in [6, 6.07) is 9.20. The molecule has 3 rings (SSSR count). The van der Waals surface area contributed by atoms with E-state index < -0.39 is 0 Å². The van der Waals surface area contributed by atoms with Crippen molar-refractivity contribution < 1.29 is 0 Å². The lowest BCUT2D eigenvalue weighted by molar-refractivity contribution is 0.490. The van der Waals surface area contributed by atoms with Crippen LogP contribution < -0.4 is 4.90 Å². The molecule has 82 valence electrons. The fourth-order valence-corrected chi connectivity index (χ4v) is 2.86. The molecular formula is C15H17N. The largest absolute Gasteiger partial charge is 0.340 e. The molecule has 0 spiro atoms. The van der Waals surface area contributed by atoms with Crippen molar-refractivity contribution in [1.82, 2.24) is 0 Å². The fraction of sp³-hybridized carbons (Fsp3) is 0.333. The van der Waals surface area contributed by atoms with Crippen LogP contribution in [0.1, 0.15) is 26.3 Å². The van der Waals surface area contributed by atoms with E-state index >= 15 is 0 Å². The summed E-state index contributed by atoms with van der Waals surface area (Å²) in [7, 11) is 0. The summed E-state index contributed by atoms with van der Waals surface area (Å²) in [5.41, 5.74) is 4.37. The Hall–Kier alpha value is -1.50. The predicted octanol–water partition coefficient (Wildman–Crippen LogP) is 3.63. The van der Waals surface area contributed by atoms with Crippen LogP contribution in [0, 0.1) is 0 Å². The molecule has 1 atom stereocenters. The number of fused-ring (bicyclic) bond motifs is 3. The molecule has 0 bridgehead atoms. The summed E-state index contributed by atoms with van der Waals surface area (Å²) in [6.07, 6.45) is 6.78. The molecule has 1 aromatic carbocycles. The van der Waals surface area contributed by atoms with E-state index in [9.17, 15) is 0 Å². The van der Waals surface area contributed by atoms with Crippen molar-refractivity contribution in [2.45, 2.75) is 32.2 Å². The van der Waals surface area contributed by atoms with Gasteiger partial charge in [0.1, 0.15) is 0 Å². The molecule has 0 aromatic heterocycles. The first-order valence-electron chi connectivity index (χ1n) is 5.85. The van der Waals surface area contributed by atoms with Crippen LogP contribution in [0.25, 0.3) is 0 Å². The van der Waals surface area contributed by atoms with Crippen LogP contribution >= 0.6 is 0 Å². The van der Waals surface area contributed by atoms with Gasteiger partial charge >= 0.3 is 0 Å². The molecule has 16 heavy (non-hydrogen) atoms. The average molecular weight is 211 g/mol. The van der Waals surface area contributed by atoms with Crippen molar-refractivity contribution in [2.24, 2.45) is 0 Å². The summed E-state index contributed by atoms with van der Waals surface area (Å²) in [5, 5.41) is 0. The third-order valence-corrected chi connectivity index (χ3v) is 3.83. The minimum Gasteiger partial charge on any atom is -0.340 e. The van der Waals surface area contributed by atoms with Gasteiger partial charge in [0, 0.05) is 17.3 Å². The molecule has 1 heteroatoms. The lowest BCUT2D eigenvalue weighted by Crippen LogP contribution is -2.38. The number of para-hydroxylation sites is 1. The zero-order valence-electron chi connectivity index (χ0n) is 10.1. The Balaban J connectivity index is 2.21. The average Bonchev–Trinajstić information content (AvgIpc) is 2.49. The molecular weight excluding hydrogens is 194 g/mol. The zero-order valence-corrected chi connectivity index (χ0v) is 10.1. The molecule has 2 heterocycles. The molecule has 2 aliphatic rings. The first-order valence-corrected chi connectivity index (χ1v) is 5.85. The number of allylic oxidation sites excluding steroid dienone is 2. The van der Waals surface area contributed by atoms with Gasteiger partial charge in [-0.05, 0) is 24.6 Å². The van der Waals surface area contributed by atoms with Crippen molar-refractivity contribution in [3.8, 4) is 0 Å². The van der Waals surface area contributed by atoms with Gasteiger partial charge in [0.05, 0.1) is 6.04 Å². The molecule has 0 fully saturated rings. The molecule has 1 aromatic rings. The molecule has 0 radical (unpaired) electrons. The van der Waals surface area contributed by atoms with Crippen LogP contribution in [-0.2, 0) is 5.41 Å². The fourth-order valence-electron chi connectivity index (χ4n) is 2.86. The monoisotopic (exact) mass is 211 g/mol. The van der Waals surface area contributed by atoms with E-state index in [0.29, 0.717) is 6.04 Å². The van der Waals surface area contributed by atoms with E-state index in [-0.39, 0.29) is 5.41 Å². The third-order valence-electron chi connectivity index (χ3n) is 3.83. The van der Waals surface area contributed by atoms with Gasteiger partial charge in [0.15, 0.2) is 0 Å². The summed E-state index contributed by atoms with van der Waals surface area (Å²) in [6.45, 7) is 6.84. The second kappa shape index (κ2) is 3.00. The molecule has 1 unspecified atom stereocenters. The molecule has 0 amide bonds. The summed E-state index contributed by atoms with van der Waals surface area (Å²) in [4.78, 5) is 2.39. The Morgan fingerprint density at radius 2 is 1.94 bits per heavy atom. The minimum atomic E-state index is 0.197. The van der Waals surface area contributed by atoms with Gasteiger partial charge in [0.2, 0.25) is 0 Å². The van der Waals surface area contributed by atoms with E-state index in [4.69, 9.17) is 0 Å². The van der Waals surface area contributed by atoms with Crippen molar-refractivity contribution >= 4 is 5.69 Å². The molecule has 0 aliphatic carbocycles. The quantitative estimate of drug-likeness (QED) is 0.633. The van der Waals surface area contributed by atoms with Gasteiger partial charge in [-0.25, -0.2) is 0 Å². The SMILES string of the molecule is CC1=CC2N(C=C1)c1ccccc1C2(C)C. The Kier molecular flexibility index (Phi) is 1.82. The first-order chi connectivity index (χ1) is 7.60. The molecule has 0 saturated carbocycles. The van der Waals surface area contributed by atoms with Crippen LogP contribution in [0.5, 0.6) is 0 Å². The van der Waals surface area contributed by atoms with E-state index in [0.717, 1.165) is 0 Å². The maximum Gasteiger partial charge on any atom is 0.0614 e. The van der Waals surface area contributed by atoms with Gasteiger partial charge in [0.25, 0.3) is 0 Å². The van der Waals surface area contributed by atoms with Crippen molar-refractivity contribution in [3.05, 3.63) is 53.8 Å². The van der Waals surface area contributed by atoms with Crippen LogP contribution in [0.4, 0.5) is 5.69 Å². The first kappa shape index (κ1) is 9.71. The van der Waals surface area contributed by atoms with E-state index in [2.05, 4.69) is 68.3 Å². The lowest BCUT2D eigenvalue weighted by Gasteiger charge is -2.32. The second-order valence-electron chi connectivity index (χ2n) is 5.32. The summed E-state index contributed by atoms with van der Waals surface area (Å²) < 4.78 is 0. The van der Waals surface area contributed by atoms with Crippen LogP contribution in [-0.4, -0.2) is 6.04 Å². The highest BCUT2D eigenvalue weighted by molar-refractivity contribution is 5.68. The number of rotatable bonds is 0. The highest BCUT2D eigenvalue weighted by atomic mass is 15.2. The van der Waals surface area contributed by atoms with E-state index in [1.807, 2.05) is 0 Å². The van der Waals surface area contributed by atoms with Gasteiger partial charge < -0.3 is 4.90 Å². The van der Waals surface area contributed by atoms with Gasteiger partial charge in [-0.3, -0.25) is 0 Å². The smallest absolute Gasteiger partial charge is 0.0614 e. The Morgan fingerprint density at radius 1 is 1.19 bits per heavy atom. The topological polar surface area (TPSA) is 3.24 Å². The van der Waals surface area contributed by atoms with Gasteiger partial charge in [-0.1, -0.05) is 43.7 Å². The molecule has 1 nitrogen and oxygen atoms in total. The number of nitrogens with zero attached hydrogens (tertiary/aromatic N) is 1. The number of hydrogen-bond acceptors (Lipinski definition) is 1. The van der Waals surface area contributed by atoms with Crippen molar-refractivity contribution in [2.75, 3.05) is 4.90 Å². The van der Waals surface area contributed by atoms with Crippen molar-refractivity contribution in [3.63, 3.8) is 0 Å². The number of hydrogen-bond donors (Lipinski definition) is 0. The van der Waals surface area contributed by atoms with Crippen LogP contribution in [0.15, 0.2) is 48.2 Å². The van der Waals surface area contributed by atoms with E-state index in [1.54, 1.807) is 0 Å². The summed E-state index contributed by atoms with van der Waals surface area (Å²) >= 11 is 0. The Morgan fingerprint density at radius 3 is 2.75 bits per heavy atom. The van der Waals surface area contributed by atoms with Crippen LogP contribution in [0.3, 0.4) is 0 Å². The lowest BCUT2D eigenvalue weighted by atomic mass is 9.79. The minimum absolute atomic E-state index is 0.197. The van der Waals surface area contributed by atoms with Gasteiger partial charge in [-0.15, -0.1) is 0 Å². The van der Waals surface area contributed by atoms with E-state index in [1.165, 1.54) is 16.8 Å². The normalized spacial score (nSPS) is 25.1. The van der Waals surface area contributed by atoms with Crippen molar-refractivity contribution in [1.29, 1.82) is 0 Å². The molecule has 0 saturated heterocycles. The highest BCUT2D eigenvalue weighted by Gasteiger charge is 2.43. The highest BCUT2D eigenvalue weighted by Crippen LogP contribution is 2.46. The third kappa shape index (κ3) is 1.12. The zero-order chi connectivity index (χ0) is 11.3. The maximum absolute atomic E-state index is 2.39. The maximum atomic E-state index is 2.39. The standard InChI is InChI=1S/C15H17N/c1-11-8-9-16-13-7-5-4-6-12(13)15(2,3)14(16)10-11/h4-10,14H,1-3H3. The Bertz CT molecular complexity index is 494. The van der Waals surface area contributed by atoms with Crippen LogP contribution in [0.2, 0.25) is 0 Å². The Labute approximate surface area is 97.1 Å². The molecule has 2 aliphatic heterocycles. The predicted molar refractivity (Wildman–Crippen MR) is 68.6 cm³/mol. The van der Waals surface area contributed by atoms with Gasteiger partial charge in [-0.2, -0.15) is 0 Å². The number of benzene rings is 1. The molecule has 0 N–H and O–H groups in total. The second-order valence-corrected chi connectivity index (χ2v) is 5.32. The summed E-state index contributed by atoms with van der Waals surface area (Å²) in [5.74, 6) is 0. The number of anilines is 1.